The van der Waals surface area contributed by atoms with Gasteiger partial charge in [0.05, 0.1) is 7.11 Å². The number of esters is 1. The number of methoxy groups -OCH3 is 1. The van der Waals surface area contributed by atoms with Crippen molar-refractivity contribution < 1.29 is 9.53 Å². The van der Waals surface area contributed by atoms with Crippen LogP contribution in [0.3, 0.4) is 0 Å². The predicted molar refractivity (Wildman–Crippen MR) is 53.5 cm³/mol. The fourth-order valence-corrected chi connectivity index (χ4v) is 1.38. The maximum atomic E-state index is 11.4. The van der Waals surface area contributed by atoms with Crippen molar-refractivity contribution in [3.63, 3.8) is 0 Å². The van der Waals surface area contributed by atoms with Gasteiger partial charge >= 0.3 is 5.97 Å². The topological polar surface area (TPSA) is 29.5 Å². The first-order valence-corrected chi connectivity index (χ1v) is 4.66. The second kappa shape index (κ2) is 5.22. The highest BCUT2D eigenvalue weighted by atomic mass is 16.5. The molecule has 0 rings (SSSR count). The van der Waals surface area contributed by atoms with Gasteiger partial charge in [-0.1, -0.05) is 20.8 Å². The maximum absolute atomic E-state index is 11.4. The van der Waals surface area contributed by atoms with Crippen LogP contribution in [0.1, 0.15) is 20.8 Å². The zero-order chi connectivity index (χ0) is 10.6. The van der Waals surface area contributed by atoms with Crippen molar-refractivity contribution in [3.05, 3.63) is 0 Å². The van der Waals surface area contributed by atoms with Crippen LogP contribution < -0.4 is 0 Å². The summed E-state index contributed by atoms with van der Waals surface area (Å²) in [5.74, 6) is 0.639. The minimum absolute atomic E-state index is 0.134. The second-order valence-corrected chi connectivity index (χ2v) is 4.03. The van der Waals surface area contributed by atoms with Crippen molar-refractivity contribution in [3.8, 4) is 0 Å². The van der Waals surface area contributed by atoms with E-state index in [1.807, 2.05) is 19.0 Å². The highest BCUT2D eigenvalue weighted by Gasteiger charge is 2.29. The Hall–Kier alpha value is -0.570. The SMILES string of the molecule is COC(=O)C(C(C)C(C)C)N(C)C. The summed E-state index contributed by atoms with van der Waals surface area (Å²) in [5.41, 5.74) is 0. The minimum Gasteiger partial charge on any atom is -0.468 e. The van der Waals surface area contributed by atoms with E-state index < -0.39 is 0 Å². The summed E-state index contributed by atoms with van der Waals surface area (Å²) in [6.07, 6.45) is 0. The third-order valence-corrected chi connectivity index (χ3v) is 2.55. The summed E-state index contributed by atoms with van der Waals surface area (Å²) in [6, 6.07) is -0.134. The Morgan fingerprint density at radius 1 is 1.23 bits per heavy atom. The Balaban J connectivity index is 4.51. The first-order chi connectivity index (χ1) is 5.91. The zero-order valence-electron chi connectivity index (χ0n) is 9.50. The quantitative estimate of drug-likeness (QED) is 0.623. The Morgan fingerprint density at radius 2 is 1.69 bits per heavy atom. The van der Waals surface area contributed by atoms with E-state index in [0.29, 0.717) is 11.8 Å². The van der Waals surface area contributed by atoms with Gasteiger partial charge in [-0.25, -0.2) is 0 Å². The van der Waals surface area contributed by atoms with E-state index in [0.717, 1.165) is 0 Å². The molecular formula is C10H21NO2. The standard InChI is InChI=1S/C10H21NO2/c1-7(2)8(3)9(11(4)5)10(12)13-6/h7-9H,1-6H3. The number of ether oxygens (including phenoxy) is 1. The lowest BCUT2D eigenvalue weighted by atomic mass is 9.90. The molecule has 3 nitrogen and oxygen atoms in total. The summed E-state index contributed by atoms with van der Waals surface area (Å²) in [7, 11) is 5.24. The van der Waals surface area contributed by atoms with E-state index in [2.05, 4.69) is 20.8 Å². The van der Waals surface area contributed by atoms with Crippen molar-refractivity contribution in [1.82, 2.24) is 4.90 Å². The van der Waals surface area contributed by atoms with Gasteiger partial charge in [-0.2, -0.15) is 0 Å². The highest BCUT2D eigenvalue weighted by molar-refractivity contribution is 5.75. The molecule has 0 aromatic carbocycles. The summed E-state index contributed by atoms with van der Waals surface area (Å²) in [6.45, 7) is 6.31. The molecule has 0 bridgehead atoms. The maximum Gasteiger partial charge on any atom is 0.323 e. The lowest BCUT2D eigenvalue weighted by molar-refractivity contribution is -0.148. The van der Waals surface area contributed by atoms with Crippen molar-refractivity contribution in [2.24, 2.45) is 11.8 Å². The van der Waals surface area contributed by atoms with Gasteiger partial charge in [-0.15, -0.1) is 0 Å². The molecule has 0 aliphatic heterocycles. The van der Waals surface area contributed by atoms with Gasteiger partial charge in [0.1, 0.15) is 6.04 Å². The molecule has 3 heteroatoms. The van der Waals surface area contributed by atoms with Crippen LogP contribution in [-0.2, 0) is 9.53 Å². The largest absolute Gasteiger partial charge is 0.468 e. The van der Waals surface area contributed by atoms with E-state index in [-0.39, 0.29) is 12.0 Å². The number of likely N-dealkylation sites (N-methyl/N-ethyl adjacent to an activating group) is 1. The van der Waals surface area contributed by atoms with Gasteiger partial charge in [0.2, 0.25) is 0 Å². The molecule has 0 radical (unpaired) electrons. The average molecular weight is 187 g/mol. The van der Waals surface area contributed by atoms with Crippen molar-refractivity contribution in [2.45, 2.75) is 26.8 Å². The predicted octanol–water partition coefficient (Wildman–Crippen LogP) is 1.38. The molecule has 2 atom stereocenters. The first kappa shape index (κ1) is 12.4. The average Bonchev–Trinajstić information content (AvgIpc) is 2.03. The van der Waals surface area contributed by atoms with Crippen LogP contribution >= 0.6 is 0 Å². The number of carbonyl (C=O) groups excluding carboxylic acids is 1. The molecular weight excluding hydrogens is 166 g/mol. The molecule has 0 N–H and O–H groups in total. The van der Waals surface area contributed by atoms with Crippen LogP contribution in [0, 0.1) is 11.8 Å². The van der Waals surface area contributed by atoms with Crippen LogP contribution in [0.2, 0.25) is 0 Å². The highest BCUT2D eigenvalue weighted by Crippen LogP contribution is 2.18. The molecule has 0 aliphatic rings. The van der Waals surface area contributed by atoms with E-state index in [1.165, 1.54) is 7.11 Å². The zero-order valence-corrected chi connectivity index (χ0v) is 9.50. The summed E-state index contributed by atoms with van der Waals surface area (Å²) in [4.78, 5) is 13.3. The number of nitrogens with zero attached hydrogens (tertiary/aromatic N) is 1. The molecule has 2 unspecified atom stereocenters. The lowest BCUT2D eigenvalue weighted by Crippen LogP contribution is -2.43. The van der Waals surface area contributed by atoms with Crippen LogP contribution in [0.25, 0.3) is 0 Å². The molecule has 0 spiro atoms. The molecule has 0 saturated carbocycles. The Morgan fingerprint density at radius 3 is 1.92 bits per heavy atom. The van der Waals surface area contributed by atoms with Crippen LogP contribution in [0.5, 0.6) is 0 Å². The smallest absolute Gasteiger partial charge is 0.323 e. The number of carbonyl (C=O) groups is 1. The molecule has 0 aliphatic carbocycles. The summed E-state index contributed by atoms with van der Waals surface area (Å²) >= 11 is 0. The molecule has 0 heterocycles. The normalized spacial score (nSPS) is 16.0. The third kappa shape index (κ3) is 3.35. The van der Waals surface area contributed by atoms with E-state index in [1.54, 1.807) is 0 Å². The van der Waals surface area contributed by atoms with Crippen LogP contribution in [0.4, 0.5) is 0 Å². The Labute approximate surface area is 81.1 Å². The number of hydrogen-bond donors (Lipinski definition) is 0. The van der Waals surface area contributed by atoms with Gasteiger partial charge in [-0.3, -0.25) is 9.69 Å². The van der Waals surface area contributed by atoms with E-state index >= 15 is 0 Å². The first-order valence-electron chi connectivity index (χ1n) is 4.66. The Bertz CT molecular complexity index is 166. The van der Waals surface area contributed by atoms with Gasteiger partial charge < -0.3 is 4.74 Å². The molecule has 13 heavy (non-hydrogen) atoms. The minimum atomic E-state index is -0.147. The van der Waals surface area contributed by atoms with Crippen LogP contribution in [-0.4, -0.2) is 38.1 Å². The van der Waals surface area contributed by atoms with E-state index in [9.17, 15) is 4.79 Å². The monoisotopic (exact) mass is 187 g/mol. The second-order valence-electron chi connectivity index (χ2n) is 4.03. The van der Waals surface area contributed by atoms with Gasteiger partial charge in [-0.05, 0) is 25.9 Å². The van der Waals surface area contributed by atoms with Crippen molar-refractivity contribution in [1.29, 1.82) is 0 Å². The molecule has 0 aromatic heterocycles. The van der Waals surface area contributed by atoms with Crippen LogP contribution in [0.15, 0.2) is 0 Å². The van der Waals surface area contributed by atoms with Crippen molar-refractivity contribution >= 4 is 5.97 Å². The summed E-state index contributed by atoms with van der Waals surface area (Å²) in [5, 5.41) is 0. The van der Waals surface area contributed by atoms with Gasteiger partial charge in [0.25, 0.3) is 0 Å². The molecule has 0 aromatic rings. The molecule has 0 fully saturated rings. The molecule has 78 valence electrons. The van der Waals surface area contributed by atoms with Gasteiger partial charge in [0.15, 0.2) is 0 Å². The molecule has 0 amide bonds. The lowest BCUT2D eigenvalue weighted by Gasteiger charge is -2.29. The third-order valence-electron chi connectivity index (χ3n) is 2.55. The number of hydrogen-bond acceptors (Lipinski definition) is 3. The van der Waals surface area contributed by atoms with E-state index in [4.69, 9.17) is 4.74 Å². The molecule has 0 saturated heterocycles. The summed E-state index contributed by atoms with van der Waals surface area (Å²) < 4.78 is 4.76. The fraction of sp³-hybridized carbons (Fsp3) is 0.900. The fourth-order valence-electron chi connectivity index (χ4n) is 1.38. The van der Waals surface area contributed by atoms with Crippen molar-refractivity contribution in [2.75, 3.05) is 21.2 Å². The number of rotatable bonds is 4. The Kier molecular flexibility index (Phi) is 4.99. The van der Waals surface area contributed by atoms with Gasteiger partial charge in [0, 0.05) is 0 Å².